The van der Waals surface area contributed by atoms with Crippen LogP contribution >= 0.6 is 23.1 Å². The number of nitrogens with zero attached hydrogens (tertiary/aromatic N) is 2. The molecule has 26 heavy (non-hydrogen) atoms. The summed E-state index contributed by atoms with van der Waals surface area (Å²) < 4.78 is 0. The van der Waals surface area contributed by atoms with Crippen LogP contribution in [-0.4, -0.2) is 21.1 Å². The Morgan fingerprint density at radius 1 is 1.27 bits per heavy atom. The maximum atomic E-state index is 12.6. The average Bonchev–Trinajstić information content (AvgIpc) is 3.23. The monoisotopic (exact) mass is 383 g/mol. The molecule has 2 aromatic heterocycles. The molecule has 0 bridgehead atoms. The van der Waals surface area contributed by atoms with Crippen LogP contribution in [0.25, 0.3) is 10.2 Å². The number of carbonyl (C=O) groups is 1. The number of fused-ring (bicyclic) bond motifs is 3. The summed E-state index contributed by atoms with van der Waals surface area (Å²) in [6, 6.07) is 8.03. The van der Waals surface area contributed by atoms with Crippen molar-refractivity contribution >= 4 is 44.9 Å². The molecule has 0 radical (unpaired) electrons. The van der Waals surface area contributed by atoms with E-state index in [1.165, 1.54) is 39.6 Å². The number of benzene rings is 1. The van der Waals surface area contributed by atoms with Crippen LogP contribution in [0.4, 0.5) is 5.69 Å². The van der Waals surface area contributed by atoms with Gasteiger partial charge in [-0.15, -0.1) is 11.3 Å². The highest BCUT2D eigenvalue weighted by Crippen LogP contribution is 2.40. The van der Waals surface area contributed by atoms with Gasteiger partial charge in [-0.3, -0.25) is 4.79 Å². The van der Waals surface area contributed by atoms with Crippen molar-refractivity contribution in [2.24, 2.45) is 0 Å². The van der Waals surface area contributed by atoms with E-state index < -0.39 is 0 Å². The molecule has 0 saturated carbocycles. The summed E-state index contributed by atoms with van der Waals surface area (Å²) in [7, 11) is 0. The molecule has 4 rings (SSSR count). The minimum Gasteiger partial charge on any atom is -0.325 e. The molecule has 1 aliphatic rings. The molecule has 1 amide bonds. The molecule has 0 aliphatic heterocycles. The molecule has 1 aromatic carbocycles. The number of amides is 1. The van der Waals surface area contributed by atoms with Crippen molar-refractivity contribution in [2.45, 2.75) is 49.8 Å². The molecule has 1 atom stereocenters. The van der Waals surface area contributed by atoms with E-state index in [2.05, 4.69) is 34.3 Å². The van der Waals surface area contributed by atoms with E-state index in [1.807, 2.05) is 19.1 Å². The van der Waals surface area contributed by atoms with Crippen LogP contribution in [-0.2, 0) is 24.1 Å². The van der Waals surface area contributed by atoms with Gasteiger partial charge in [0.05, 0.1) is 5.25 Å². The minimum atomic E-state index is -0.226. The zero-order valence-corrected chi connectivity index (χ0v) is 16.5. The Morgan fingerprint density at radius 2 is 2.08 bits per heavy atom. The summed E-state index contributed by atoms with van der Waals surface area (Å²) in [5.41, 5.74) is 3.50. The summed E-state index contributed by atoms with van der Waals surface area (Å²) in [6.07, 6.45) is 6.06. The minimum absolute atomic E-state index is 0.00196. The lowest BCUT2D eigenvalue weighted by Crippen LogP contribution is -2.22. The number of hydrogen-bond acceptors (Lipinski definition) is 5. The number of anilines is 1. The summed E-state index contributed by atoms with van der Waals surface area (Å²) in [4.78, 5) is 24.0. The van der Waals surface area contributed by atoms with Crippen LogP contribution in [0.2, 0.25) is 0 Å². The van der Waals surface area contributed by atoms with Gasteiger partial charge in [0.15, 0.2) is 0 Å². The molecule has 3 aromatic rings. The van der Waals surface area contributed by atoms with Gasteiger partial charge in [0.1, 0.15) is 16.2 Å². The topological polar surface area (TPSA) is 54.9 Å². The molecule has 0 spiro atoms. The van der Waals surface area contributed by atoms with Crippen LogP contribution in [0.3, 0.4) is 0 Å². The number of aromatic nitrogens is 2. The van der Waals surface area contributed by atoms with Crippen molar-refractivity contribution in [3.05, 3.63) is 46.6 Å². The lowest BCUT2D eigenvalue weighted by molar-refractivity contribution is -0.115. The molecule has 2 heterocycles. The Morgan fingerprint density at radius 3 is 2.85 bits per heavy atom. The number of thioether (sulfide) groups is 1. The highest BCUT2D eigenvalue weighted by atomic mass is 32.2. The van der Waals surface area contributed by atoms with Gasteiger partial charge in [-0.05, 0) is 55.9 Å². The first-order valence-corrected chi connectivity index (χ1v) is 10.7. The first-order valence-electron chi connectivity index (χ1n) is 8.97. The second-order valence-electron chi connectivity index (χ2n) is 6.52. The molecule has 134 valence electrons. The van der Waals surface area contributed by atoms with Crippen molar-refractivity contribution in [3.63, 3.8) is 0 Å². The highest BCUT2D eigenvalue weighted by molar-refractivity contribution is 8.00. The zero-order chi connectivity index (χ0) is 18.1. The Balaban J connectivity index is 1.51. The highest BCUT2D eigenvalue weighted by Gasteiger charge is 2.23. The van der Waals surface area contributed by atoms with E-state index in [0.29, 0.717) is 0 Å². The van der Waals surface area contributed by atoms with Gasteiger partial charge < -0.3 is 5.32 Å². The van der Waals surface area contributed by atoms with Gasteiger partial charge in [-0.1, -0.05) is 30.8 Å². The van der Waals surface area contributed by atoms with Crippen molar-refractivity contribution < 1.29 is 4.79 Å². The van der Waals surface area contributed by atoms with Crippen LogP contribution in [0.1, 0.15) is 36.3 Å². The number of carbonyl (C=O) groups excluding carboxylic acids is 1. The summed E-state index contributed by atoms with van der Waals surface area (Å²) in [5.74, 6) is -0.00196. The Labute approximate surface area is 161 Å². The van der Waals surface area contributed by atoms with Crippen molar-refractivity contribution in [1.29, 1.82) is 0 Å². The number of rotatable bonds is 5. The maximum absolute atomic E-state index is 12.6. The van der Waals surface area contributed by atoms with Crippen LogP contribution in [0.5, 0.6) is 0 Å². The first-order chi connectivity index (χ1) is 12.7. The molecule has 0 fully saturated rings. The SMILES string of the molecule is CCc1ccc(NC(=O)C(C)Sc2ncnc3sc4c(c23)CCC4)cc1. The standard InChI is InChI=1S/C20H21N3OS2/c1-3-13-7-9-14(10-8-13)23-18(24)12(2)25-19-17-15-5-4-6-16(15)26-20(17)22-11-21-19/h7-12H,3-6H2,1-2H3,(H,23,24). The van der Waals surface area contributed by atoms with Crippen molar-refractivity contribution in [1.82, 2.24) is 9.97 Å². The van der Waals surface area contributed by atoms with Gasteiger partial charge in [0.25, 0.3) is 0 Å². The predicted octanol–water partition coefficient (Wildman–Crippen LogP) is 4.86. The fourth-order valence-electron chi connectivity index (χ4n) is 3.28. The normalized spacial score (nSPS) is 14.4. The largest absolute Gasteiger partial charge is 0.325 e. The van der Waals surface area contributed by atoms with Gasteiger partial charge in [0.2, 0.25) is 5.91 Å². The van der Waals surface area contributed by atoms with E-state index in [-0.39, 0.29) is 11.2 Å². The van der Waals surface area contributed by atoms with Gasteiger partial charge in [-0.2, -0.15) is 0 Å². The van der Waals surface area contributed by atoms with Crippen LogP contribution in [0, 0.1) is 0 Å². The Hall–Kier alpha value is -1.92. The van der Waals surface area contributed by atoms with E-state index >= 15 is 0 Å². The van der Waals surface area contributed by atoms with Gasteiger partial charge in [-0.25, -0.2) is 9.97 Å². The fourth-order valence-corrected chi connectivity index (χ4v) is 5.52. The molecular weight excluding hydrogens is 362 g/mol. The fraction of sp³-hybridized carbons (Fsp3) is 0.350. The molecule has 1 N–H and O–H groups in total. The molecule has 0 saturated heterocycles. The predicted molar refractivity (Wildman–Crippen MR) is 109 cm³/mol. The van der Waals surface area contributed by atoms with E-state index in [9.17, 15) is 4.79 Å². The number of thiophene rings is 1. The third-order valence-corrected chi connectivity index (χ3v) is 7.05. The maximum Gasteiger partial charge on any atom is 0.237 e. The van der Waals surface area contributed by atoms with Crippen molar-refractivity contribution in [2.75, 3.05) is 5.32 Å². The quantitative estimate of drug-likeness (QED) is 0.505. The molecule has 1 unspecified atom stereocenters. The van der Waals surface area contributed by atoms with Crippen LogP contribution < -0.4 is 5.32 Å². The molecular formula is C20H21N3OS2. The summed E-state index contributed by atoms with van der Waals surface area (Å²) in [5, 5.41) is 4.88. The second kappa shape index (κ2) is 7.37. The number of nitrogens with one attached hydrogen (secondary N) is 1. The van der Waals surface area contributed by atoms with E-state index in [0.717, 1.165) is 34.8 Å². The summed E-state index contributed by atoms with van der Waals surface area (Å²) >= 11 is 3.30. The van der Waals surface area contributed by atoms with E-state index in [4.69, 9.17) is 0 Å². The lowest BCUT2D eigenvalue weighted by Gasteiger charge is -2.12. The van der Waals surface area contributed by atoms with Gasteiger partial charge >= 0.3 is 0 Å². The van der Waals surface area contributed by atoms with Gasteiger partial charge in [0, 0.05) is 16.0 Å². The third-order valence-electron chi connectivity index (χ3n) is 4.75. The second-order valence-corrected chi connectivity index (χ2v) is 8.93. The lowest BCUT2D eigenvalue weighted by atomic mass is 10.1. The smallest absolute Gasteiger partial charge is 0.237 e. The average molecular weight is 384 g/mol. The Bertz CT molecular complexity index is 950. The zero-order valence-electron chi connectivity index (χ0n) is 14.9. The van der Waals surface area contributed by atoms with E-state index in [1.54, 1.807) is 17.7 Å². The third kappa shape index (κ3) is 3.35. The number of hydrogen-bond donors (Lipinski definition) is 1. The summed E-state index contributed by atoms with van der Waals surface area (Å²) in [6.45, 7) is 4.05. The molecule has 4 nitrogen and oxygen atoms in total. The van der Waals surface area contributed by atoms with Crippen LogP contribution in [0.15, 0.2) is 35.6 Å². The molecule has 1 aliphatic carbocycles. The van der Waals surface area contributed by atoms with Crippen molar-refractivity contribution in [3.8, 4) is 0 Å². The first kappa shape index (κ1) is 17.5. The molecule has 6 heteroatoms. The number of aryl methyl sites for hydroxylation is 3. The Kier molecular flexibility index (Phi) is 4.96.